The second-order valence-corrected chi connectivity index (χ2v) is 5.19. The van der Waals surface area contributed by atoms with Gasteiger partial charge in [0.15, 0.2) is 11.5 Å². The van der Waals surface area contributed by atoms with E-state index in [0.717, 1.165) is 18.0 Å². The molecule has 2 aliphatic rings. The van der Waals surface area contributed by atoms with Crippen LogP contribution in [0.15, 0.2) is 18.2 Å². The van der Waals surface area contributed by atoms with Gasteiger partial charge in [0.1, 0.15) is 0 Å². The van der Waals surface area contributed by atoms with Gasteiger partial charge in [-0.05, 0) is 50.4 Å². The highest BCUT2D eigenvalue weighted by atomic mass is 16.7. The number of benzene rings is 1. The van der Waals surface area contributed by atoms with E-state index in [-0.39, 0.29) is 0 Å². The molecular formula is C14H19NO2. The van der Waals surface area contributed by atoms with E-state index in [1.54, 1.807) is 0 Å². The van der Waals surface area contributed by atoms with Crippen LogP contribution in [0.4, 0.5) is 0 Å². The number of hydrogen-bond donors (Lipinski definition) is 0. The molecule has 1 saturated heterocycles. The quantitative estimate of drug-likeness (QED) is 0.783. The van der Waals surface area contributed by atoms with Crippen molar-refractivity contribution in [3.05, 3.63) is 23.8 Å². The zero-order valence-electron chi connectivity index (χ0n) is 10.5. The van der Waals surface area contributed by atoms with E-state index in [1.165, 1.54) is 18.5 Å². The molecule has 2 heterocycles. The van der Waals surface area contributed by atoms with E-state index in [4.69, 9.17) is 9.47 Å². The summed E-state index contributed by atoms with van der Waals surface area (Å²) < 4.78 is 10.8. The maximum atomic E-state index is 5.44. The lowest BCUT2D eigenvalue weighted by Crippen LogP contribution is -2.27. The SMILES string of the molecule is CC(C)N1CCC(c2ccc3c(c2)OCO3)C1. The molecule has 1 aromatic rings. The molecule has 0 radical (unpaired) electrons. The Bertz CT molecular complexity index is 417. The van der Waals surface area contributed by atoms with Crippen LogP contribution in [0.1, 0.15) is 31.7 Å². The van der Waals surface area contributed by atoms with Gasteiger partial charge in [-0.15, -0.1) is 0 Å². The van der Waals surface area contributed by atoms with E-state index in [9.17, 15) is 0 Å². The van der Waals surface area contributed by atoms with Crippen LogP contribution in [0.5, 0.6) is 11.5 Å². The average Bonchev–Trinajstić information content (AvgIpc) is 2.97. The van der Waals surface area contributed by atoms with Crippen LogP contribution in [-0.2, 0) is 0 Å². The Morgan fingerprint density at radius 3 is 2.82 bits per heavy atom. The molecule has 0 bridgehead atoms. The monoisotopic (exact) mass is 233 g/mol. The van der Waals surface area contributed by atoms with Crippen LogP contribution in [0.3, 0.4) is 0 Å². The lowest BCUT2D eigenvalue weighted by atomic mass is 9.98. The number of hydrogen-bond acceptors (Lipinski definition) is 3. The first-order chi connectivity index (χ1) is 8.24. The van der Waals surface area contributed by atoms with Gasteiger partial charge >= 0.3 is 0 Å². The average molecular weight is 233 g/mol. The third-order valence-corrected chi connectivity index (χ3v) is 3.82. The Kier molecular flexibility index (Phi) is 2.71. The molecule has 1 unspecified atom stereocenters. The van der Waals surface area contributed by atoms with Gasteiger partial charge in [0.25, 0.3) is 0 Å². The highest BCUT2D eigenvalue weighted by molar-refractivity contribution is 5.45. The van der Waals surface area contributed by atoms with Crippen molar-refractivity contribution in [1.82, 2.24) is 4.90 Å². The van der Waals surface area contributed by atoms with E-state index in [2.05, 4.69) is 30.9 Å². The highest BCUT2D eigenvalue weighted by Crippen LogP contribution is 2.37. The topological polar surface area (TPSA) is 21.7 Å². The molecule has 3 heteroatoms. The van der Waals surface area contributed by atoms with Crippen molar-refractivity contribution in [3.63, 3.8) is 0 Å². The summed E-state index contributed by atoms with van der Waals surface area (Å²) in [5.41, 5.74) is 1.39. The second-order valence-electron chi connectivity index (χ2n) is 5.19. The zero-order valence-corrected chi connectivity index (χ0v) is 10.5. The summed E-state index contributed by atoms with van der Waals surface area (Å²) in [5.74, 6) is 2.44. The van der Waals surface area contributed by atoms with Gasteiger partial charge in [-0.3, -0.25) is 0 Å². The van der Waals surface area contributed by atoms with E-state index < -0.39 is 0 Å². The van der Waals surface area contributed by atoms with Crippen LogP contribution >= 0.6 is 0 Å². The minimum Gasteiger partial charge on any atom is -0.454 e. The first-order valence-corrected chi connectivity index (χ1v) is 6.37. The predicted molar refractivity (Wildman–Crippen MR) is 66.6 cm³/mol. The molecule has 92 valence electrons. The Balaban J connectivity index is 1.77. The summed E-state index contributed by atoms with van der Waals surface area (Å²) in [7, 11) is 0. The summed E-state index contributed by atoms with van der Waals surface area (Å²) in [6.45, 7) is 7.26. The van der Waals surface area contributed by atoms with Crippen LogP contribution in [-0.4, -0.2) is 30.8 Å². The number of likely N-dealkylation sites (tertiary alicyclic amines) is 1. The number of ether oxygens (including phenoxy) is 2. The molecule has 0 amide bonds. The fourth-order valence-corrected chi connectivity index (χ4v) is 2.70. The predicted octanol–water partition coefficient (Wildman–Crippen LogP) is 2.61. The van der Waals surface area contributed by atoms with Crippen LogP contribution in [0, 0.1) is 0 Å². The Morgan fingerprint density at radius 2 is 2.06 bits per heavy atom. The number of nitrogens with zero attached hydrogens (tertiary/aromatic N) is 1. The molecule has 3 nitrogen and oxygen atoms in total. The molecule has 3 rings (SSSR count). The molecular weight excluding hydrogens is 214 g/mol. The van der Waals surface area contributed by atoms with Crippen molar-refractivity contribution >= 4 is 0 Å². The Morgan fingerprint density at radius 1 is 1.24 bits per heavy atom. The minimum atomic E-state index is 0.363. The largest absolute Gasteiger partial charge is 0.454 e. The van der Waals surface area contributed by atoms with Gasteiger partial charge in [-0.1, -0.05) is 6.07 Å². The van der Waals surface area contributed by atoms with Crippen molar-refractivity contribution < 1.29 is 9.47 Å². The third-order valence-electron chi connectivity index (χ3n) is 3.82. The van der Waals surface area contributed by atoms with Crippen LogP contribution in [0.25, 0.3) is 0 Å². The molecule has 0 aliphatic carbocycles. The van der Waals surface area contributed by atoms with Gasteiger partial charge in [-0.2, -0.15) is 0 Å². The van der Waals surface area contributed by atoms with Crippen LogP contribution in [0.2, 0.25) is 0 Å². The minimum absolute atomic E-state index is 0.363. The maximum Gasteiger partial charge on any atom is 0.231 e. The summed E-state index contributed by atoms with van der Waals surface area (Å²) >= 11 is 0. The fraction of sp³-hybridized carbons (Fsp3) is 0.571. The normalized spacial score (nSPS) is 23.6. The molecule has 1 fully saturated rings. The van der Waals surface area contributed by atoms with Gasteiger partial charge in [0.05, 0.1) is 0 Å². The lowest BCUT2D eigenvalue weighted by Gasteiger charge is -2.20. The Labute approximate surface area is 102 Å². The number of fused-ring (bicyclic) bond motifs is 1. The molecule has 1 atom stereocenters. The first-order valence-electron chi connectivity index (χ1n) is 6.37. The van der Waals surface area contributed by atoms with Crippen molar-refractivity contribution in [2.75, 3.05) is 19.9 Å². The number of rotatable bonds is 2. The third kappa shape index (κ3) is 2.00. The second kappa shape index (κ2) is 4.22. The molecule has 0 spiro atoms. The highest BCUT2D eigenvalue weighted by Gasteiger charge is 2.26. The summed E-state index contributed by atoms with van der Waals surface area (Å²) in [4.78, 5) is 2.54. The lowest BCUT2D eigenvalue weighted by molar-refractivity contribution is 0.174. The molecule has 17 heavy (non-hydrogen) atoms. The van der Waals surface area contributed by atoms with Gasteiger partial charge in [0.2, 0.25) is 6.79 Å². The first kappa shape index (κ1) is 10.9. The maximum absolute atomic E-state index is 5.44. The molecule has 0 N–H and O–H groups in total. The smallest absolute Gasteiger partial charge is 0.231 e. The van der Waals surface area contributed by atoms with Crippen molar-refractivity contribution in [2.24, 2.45) is 0 Å². The molecule has 0 saturated carbocycles. The zero-order chi connectivity index (χ0) is 11.8. The van der Waals surface area contributed by atoms with Gasteiger partial charge in [-0.25, -0.2) is 0 Å². The summed E-state index contributed by atoms with van der Waals surface area (Å²) in [6, 6.07) is 7.02. The molecule has 0 aromatic heterocycles. The summed E-state index contributed by atoms with van der Waals surface area (Å²) in [5, 5.41) is 0. The van der Waals surface area contributed by atoms with Crippen LogP contribution < -0.4 is 9.47 Å². The van der Waals surface area contributed by atoms with Gasteiger partial charge in [0, 0.05) is 12.6 Å². The van der Waals surface area contributed by atoms with Crippen molar-refractivity contribution in [1.29, 1.82) is 0 Å². The van der Waals surface area contributed by atoms with Crippen molar-refractivity contribution in [2.45, 2.75) is 32.2 Å². The van der Waals surface area contributed by atoms with E-state index >= 15 is 0 Å². The standard InChI is InChI=1S/C14H19NO2/c1-10(2)15-6-5-12(8-15)11-3-4-13-14(7-11)17-9-16-13/h3-4,7,10,12H,5-6,8-9H2,1-2H3. The van der Waals surface area contributed by atoms with E-state index in [1.807, 2.05) is 6.07 Å². The van der Waals surface area contributed by atoms with E-state index in [0.29, 0.717) is 18.8 Å². The fourth-order valence-electron chi connectivity index (χ4n) is 2.70. The summed E-state index contributed by atoms with van der Waals surface area (Å²) in [6.07, 6.45) is 1.25. The molecule has 1 aromatic carbocycles. The Hall–Kier alpha value is -1.22. The van der Waals surface area contributed by atoms with Crippen molar-refractivity contribution in [3.8, 4) is 11.5 Å². The van der Waals surface area contributed by atoms with Gasteiger partial charge < -0.3 is 14.4 Å². The molecule has 2 aliphatic heterocycles.